The van der Waals surface area contributed by atoms with Crippen molar-refractivity contribution in [1.82, 2.24) is 10.3 Å². The lowest BCUT2D eigenvalue weighted by molar-refractivity contribution is -0.119. The fourth-order valence-corrected chi connectivity index (χ4v) is 2.47. The summed E-state index contributed by atoms with van der Waals surface area (Å²) in [7, 11) is 0. The zero-order valence-electron chi connectivity index (χ0n) is 14.2. The molecule has 0 radical (unpaired) electrons. The molecular formula is C19H20BrN3O2. The number of carbonyl (C=O) groups excluding carboxylic acids is 2. The lowest BCUT2D eigenvalue weighted by atomic mass is 10.1. The van der Waals surface area contributed by atoms with Crippen molar-refractivity contribution >= 4 is 39.6 Å². The maximum atomic E-state index is 12.7. The van der Waals surface area contributed by atoms with Gasteiger partial charge in [0.15, 0.2) is 0 Å². The van der Waals surface area contributed by atoms with Crippen LogP contribution in [0.4, 0.5) is 5.82 Å². The number of aromatic nitrogens is 1. The van der Waals surface area contributed by atoms with E-state index in [0.717, 1.165) is 15.6 Å². The molecule has 1 N–H and O–H groups in total. The summed E-state index contributed by atoms with van der Waals surface area (Å²) in [6.07, 6.45) is 4.96. The van der Waals surface area contributed by atoms with Crippen LogP contribution in [0.15, 0.2) is 53.1 Å². The third kappa shape index (κ3) is 5.83. The molecular weight excluding hydrogens is 382 g/mol. The predicted molar refractivity (Wildman–Crippen MR) is 103 cm³/mol. The minimum atomic E-state index is -0.191. The highest BCUT2D eigenvalue weighted by molar-refractivity contribution is 9.10. The smallest absolute Gasteiger partial charge is 0.252 e. The molecule has 0 spiro atoms. The van der Waals surface area contributed by atoms with Crippen LogP contribution >= 0.6 is 15.9 Å². The van der Waals surface area contributed by atoms with E-state index in [9.17, 15) is 9.59 Å². The Kier molecular flexibility index (Phi) is 6.89. The molecule has 2 aromatic rings. The van der Waals surface area contributed by atoms with Crippen molar-refractivity contribution in [2.45, 2.75) is 13.8 Å². The summed E-state index contributed by atoms with van der Waals surface area (Å²) in [5, 5.41) is 2.70. The summed E-state index contributed by atoms with van der Waals surface area (Å²) in [5.41, 5.74) is 2.08. The van der Waals surface area contributed by atoms with Crippen LogP contribution in [0.5, 0.6) is 0 Å². The fourth-order valence-electron chi connectivity index (χ4n) is 2.23. The Bertz CT molecular complexity index is 772. The first-order chi connectivity index (χ1) is 12.0. The van der Waals surface area contributed by atoms with Gasteiger partial charge >= 0.3 is 0 Å². The normalized spacial score (nSPS) is 10.7. The second kappa shape index (κ2) is 9.13. The maximum absolute atomic E-state index is 12.7. The molecule has 0 fully saturated rings. The molecule has 0 aliphatic carbocycles. The number of rotatable bonds is 6. The fraction of sp³-hybridized carbons (Fsp3) is 0.211. The van der Waals surface area contributed by atoms with E-state index >= 15 is 0 Å². The molecule has 0 unspecified atom stereocenters. The first kappa shape index (κ1) is 18.9. The standard InChI is InChI=1S/C19H20BrN3O2/c1-14-5-3-4-6-16(14)7-10-19(25)23(12-11-21-15(2)24)18-9-8-17(20)13-22-18/h3-10,13H,11-12H2,1-2H3,(H,21,24)/b10-7+. The number of amides is 2. The van der Waals surface area contributed by atoms with E-state index in [0.29, 0.717) is 18.9 Å². The summed E-state index contributed by atoms with van der Waals surface area (Å²) in [5.74, 6) is 0.211. The highest BCUT2D eigenvalue weighted by atomic mass is 79.9. The van der Waals surface area contributed by atoms with Crippen molar-refractivity contribution in [3.63, 3.8) is 0 Å². The lowest BCUT2D eigenvalue weighted by Crippen LogP contribution is -2.37. The number of nitrogens with zero attached hydrogens (tertiary/aromatic N) is 2. The van der Waals surface area contributed by atoms with E-state index in [-0.39, 0.29) is 11.8 Å². The highest BCUT2D eigenvalue weighted by Gasteiger charge is 2.14. The molecule has 0 atom stereocenters. The van der Waals surface area contributed by atoms with Crippen LogP contribution < -0.4 is 10.2 Å². The van der Waals surface area contributed by atoms with E-state index in [1.165, 1.54) is 17.9 Å². The predicted octanol–water partition coefficient (Wildman–Crippen LogP) is 3.34. The molecule has 130 valence electrons. The molecule has 0 aliphatic heterocycles. The zero-order chi connectivity index (χ0) is 18.2. The molecule has 0 bridgehead atoms. The van der Waals surface area contributed by atoms with Crippen LogP contribution in [0.1, 0.15) is 18.1 Å². The van der Waals surface area contributed by atoms with E-state index < -0.39 is 0 Å². The second-order valence-electron chi connectivity index (χ2n) is 5.50. The number of hydrogen-bond donors (Lipinski definition) is 1. The number of anilines is 1. The molecule has 0 saturated heterocycles. The van der Waals surface area contributed by atoms with Gasteiger partial charge in [-0.2, -0.15) is 0 Å². The third-order valence-electron chi connectivity index (χ3n) is 3.56. The van der Waals surface area contributed by atoms with Gasteiger partial charge in [-0.1, -0.05) is 24.3 Å². The first-order valence-corrected chi connectivity index (χ1v) is 8.68. The first-order valence-electron chi connectivity index (χ1n) is 7.88. The van der Waals surface area contributed by atoms with E-state index in [1.54, 1.807) is 18.3 Å². The summed E-state index contributed by atoms with van der Waals surface area (Å²) >= 11 is 3.34. The molecule has 5 nitrogen and oxygen atoms in total. The van der Waals surface area contributed by atoms with Crippen molar-refractivity contribution in [2.75, 3.05) is 18.0 Å². The van der Waals surface area contributed by atoms with Crippen LogP contribution in [-0.4, -0.2) is 29.9 Å². The van der Waals surface area contributed by atoms with Crippen LogP contribution in [-0.2, 0) is 9.59 Å². The van der Waals surface area contributed by atoms with Gasteiger partial charge in [0.25, 0.3) is 5.91 Å². The number of nitrogens with one attached hydrogen (secondary N) is 1. The molecule has 1 heterocycles. The average Bonchev–Trinajstić information content (AvgIpc) is 2.58. The van der Waals surface area contributed by atoms with Crippen LogP contribution in [0.25, 0.3) is 6.08 Å². The van der Waals surface area contributed by atoms with E-state index in [2.05, 4.69) is 26.2 Å². The number of carbonyl (C=O) groups is 2. The second-order valence-corrected chi connectivity index (χ2v) is 6.41. The van der Waals surface area contributed by atoms with E-state index in [4.69, 9.17) is 0 Å². The molecule has 6 heteroatoms. The van der Waals surface area contributed by atoms with Gasteiger partial charge in [-0.25, -0.2) is 4.98 Å². The summed E-state index contributed by atoms with van der Waals surface area (Å²) in [6.45, 7) is 4.14. The Balaban J connectivity index is 2.18. The molecule has 1 aromatic carbocycles. The van der Waals surface area contributed by atoms with Crippen molar-refractivity contribution in [3.05, 3.63) is 64.3 Å². The van der Waals surface area contributed by atoms with E-state index in [1.807, 2.05) is 37.3 Å². The zero-order valence-corrected chi connectivity index (χ0v) is 15.8. The molecule has 2 rings (SSSR count). The Morgan fingerprint density at radius 3 is 2.64 bits per heavy atom. The SMILES string of the molecule is CC(=O)NCCN(C(=O)/C=C/c1ccccc1C)c1ccc(Br)cn1. The number of pyridine rings is 1. The summed E-state index contributed by atoms with van der Waals surface area (Å²) in [4.78, 5) is 29.6. The largest absolute Gasteiger partial charge is 0.355 e. The topological polar surface area (TPSA) is 62.3 Å². The van der Waals surface area contributed by atoms with Gasteiger partial charge < -0.3 is 5.32 Å². The Labute approximate surface area is 155 Å². The molecule has 0 saturated carbocycles. The number of hydrogen-bond acceptors (Lipinski definition) is 3. The Morgan fingerprint density at radius 1 is 1.24 bits per heavy atom. The van der Waals surface area contributed by atoms with Crippen molar-refractivity contribution in [3.8, 4) is 0 Å². The summed E-state index contributed by atoms with van der Waals surface area (Å²) in [6, 6.07) is 11.4. The van der Waals surface area contributed by atoms with Gasteiger partial charge in [0.2, 0.25) is 5.91 Å². The monoisotopic (exact) mass is 401 g/mol. The molecule has 25 heavy (non-hydrogen) atoms. The lowest BCUT2D eigenvalue weighted by Gasteiger charge is -2.20. The van der Waals surface area contributed by atoms with Gasteiger partial charge in [0.1, 0.15) is 5.82 Å². The average molecular weight is 402 g/mol. The van der Waals surface area contributed by atoms with Crippen LogP contribution in [0.2, 0.25) is 0 Å². The molecule has 2 amide bonds. The molecule has 1 aromatic heterocycles. The van der Waals surface area contributed by atoms with Gasteiger partial charge in [0.05, 0.1) is 0 Å². The van der Waals surface area contributed by atoms with Crippen molar-refractivity contribution in [2.24, 2.45) is 0 Å². The van der Waals surface area contributed by atoms with Gasteiger partial charge in [-0.05, 0) is 52.2 Å². The number of benzene rings is 1. The van der Waals surface area contributed by atoms with Crippen molar-refractivity contribution in [1.29, 1.82) is 0 Å². The molecule has 0 aliphatic rings. The quantitative estimate of drug-likeness (QED) is 0.754. The third-order valence-corrected chi connectivity index (χ3v) is 4.03. The Morgan fingerprint density at radius 2 is 2.00 bits per heavy atom. The minimum Gasteiger partial charge on any atom is -0.355 e. The van der Waals surface area contributed by atoms with Crippen molar-refractivity contribution < 1.29 is 9.59 Å². The summed E-state index contributed by atoms with van der Waals surface area (Å²) < 4.78 is 0.834. The van der Waals surface area contributed by atoms with Gasteiger partial charge in [0, 0.05) is 36.8 Å². The number of halogens is 1. The van der Waals surface area contributed by atoms with Crippen LogP contribution in [0.3, 0.4) is 0 Å². The minimum absolute atomic E-state index is 0.133. The Hall–Kier alpha value is -2.47. The van der Waals surface area contributed by atoms with Crippen LogP contribution in [0, 0.1) is 6.92 Å². The van der Waals surface area contributed by atoms with Gasteiger partial charge in [-0.15, -0.1) is 0 Å². The highest BCUT2D eigenvalue weighted by Crippen LogP contribution is 2.16. The maximum Gasteiger partial charge on any atom is 0.252 e. The van der Waals surface area contributed by atoms with Gasteiger partial charge in [-0.3, -0.25) is 14.5 Å². The number of aryl methyl sites for hydroxylation is 1.